The van der Waals surface area contributed by atoms with Crippen LogP contribution in [0.15, 0.2) is 0 Å². The fourth-order valence-electron chi connectivity index (χ4n) is 2.31. The molecule has 0 atom stereocenters. The summed E-state index contributed by atoms with van der Waals surface area (Å²) in [6.07, 6.45) is 1.75. The van der Waals surface area contributed by atoms with Gasteiger partial charge in [-0.25, -0.2) is 4.79 Å². The molecule has 2 heterocycles. The van der Waals surface area contributed by atoms with Crippen molar-refractivity contribution in [3.05, 3.63) is 0 Å². The number of rotatable bonds is 2. The summed E-state index contributed by atoms with van der Waals surface area (Å²) in [5, 5.41) is 17.9. The lowest BCUT2D eigenvalue weighted by Gasteiger charge is -2.56. The van der Waals surface area contributed by atoms with Crippen LogP contribution in [0.5, 0.6) is 0 Å². The van der Waals surface area contributed by atoms with Crippen LogP contribution in [0.3, 0.4) is 0 Å². The van der Waals surface area contributed by atoms with Gasteiger partial charge in [0.1, 0.15) is 0 Å². The molecule has 0 aromatic carbocycles. The fraction of sp³-hybridized carbons (Fsp3) is 0.875. The molecule has 3 rings (SSSR count). The van der Waals surface area contributed by atoms with Gasteiger partial charge in [-0.1, -0.05) is 0 Å². The Labute approximate surface area is 70.1 Å². The van der Waals surface area contributed by atoms with Gasteiger partial charge in [-0.05, 0) is 19.3 Å². The Balaban J connectivity index is 2.13. The summed E-state index contributed by atoms with van der Waals surface area (Å²) in [6, 6.07) is 0. The van der Waals surface area contributed by atoms with Crippen LogP contribution < -0.4 is 0 Å². The largest absolute Gasteiger partial charge is 0.479 e. The van der Waals surface area contributed by atoms with Crippen LogP contribution in [0.2, 0.25) is 0 Å². The highest BCUT2D eigenvalue weighted by atomic mass is 16.5. The molecule has 1 saturated carbocycles. The quantitative estimate of drug-likeness (QED) is 0.615. The van der Waals surface area contributed by atoms with Crippen molar-refractivity contribution < 1.29 is 19.7 Å². The number of carboxylic acids is 1. The average molecular weight is 172 g/mol. The second kappa shape index (κ2) is 2.20. The van der Waals surface area contributed by atoms with Crippen molar-refractivity contribution in [2.45, 2.75) is 24.9 Å². The number of hydrogen-bond acceptors (Lipinski definition) is 3. The maximum absolute atomic E-state index is 10.8. The Bertz CT molecular complexity index is 217. The van der Waals surface area contributed by atoms with Gasteiger partial charge in [-0.3, -0.25) is 0 Å². The predicted octanol–water partition coefficient (Wildman–Crippen LogP) is 0.00260. The highest BCUT2D eigenvalue weighted by Crippen LogP contribution is 2.56. The number of carbonyl (C=O) groups is 1. The van der Waals surface area contributed by atoms with E-state index in [1.54, 1.807) is 0 Å². The van der Waals surface area contributed by atoms with Gasteiger partial charge in [0.2, 0.25) is 0 Å². The average Bonchev–Trinajstić information content (AvgIpc) is 2.03. The number of carboxylic acid groups (broad SMARTS) is 1. The predicted molar refractivity (Wildman–Crippen MR) is 39.7 cm³/mol. The zero-order valence-corrected chi connectivity index (χ0v) is 6.75. The topological polar surface area (TPSA) is 66.8 Å². The van der Waals surface area contributed by atoms with E-state index in [4.69, 9.17) is 14.9 Å². The highest BCUT2D eigenvalue weighted by Gasteiger charge is 2.62. The monoisotopic (exact) mass is 172 g/mol. The minimum Gasteiger partial charge on any atom is -0.479 e. The number of aliphatic carboxylic acids is 1. The Kier molecular flexibility index (Phi) is 1.47. The van der Waals surface area contributed by atoms with Crippen molar-refractivity contribution in [2.24, 2.45) is 5.41 Å². The molecule has 1 aliphatic carbocycles. The number of hydrogen-bond donors (Lipinski definition) is 2. The summed E-state index contributed by atoms with van der Waals surface area (Å²) in [5.41, 5.74) is -1.10. The van der Waals surface area contributed by atoms with Gasteiger partial charge >= 0.3 is 5.97 Å². The summed E-state index contributed by atoms with van der Waals surface area (Å²) in [6.45, 7) is 0.554. The van der Waals surface area contributed by atoms with Crippen molar-refractivity contribution in [1.82, 2.24) is 0 Å². The summed E-state index contributed by atoms with van der Waals surface area (Å²) in [5.74, 6) is -0.883. The molecule has 2 bridgehead atoms. The van der Waals surface area contributed by atoms with Crippen molar-refractivity contribution >= 4 is 5.97 Å². The Hall–Kier alpha value is -0.610. The molecule has 2 N–H and O–H groups in total. The Morgan fingerprint density at radius 1 is 1.50 bits per heavy atom. The van der Waals surface area contributed by atoms with Crippen molar-refractivity contribution in [3.63, 3.8) is 0 Å². The third-order valence-corrected chi connectivity index (χ3v) is 3.06. The van der Waals surface area contributed by atoms with Gasteiger partial charge in [0.15, 0.2) is 5.60 Å². The van der Waals surface area contributed by atoms with E-state index < -0.39 is 11.6 Å². The minimum absolute atomic E-state index is 0.0887. The first-order chi connectivity index (χ1) is 5.63. The molecule has 0 radical (unpaired) electrons. The molecule has 3 aliphatic rings. The third-order valence-electron chi connectivity index (χ3n) is 3.06. The maximum atomic E-state index is 10.8. The lowest BCUT2D eigenvalue weighted by molar-refractivity contribution is -0.242. The molecule has 4 nitrogen and oxygen atoms in total. The Morgan fingerprint density at radius 2 is 2.17 bits per heavy atom. The standard InChI is InChI=1S/C8H12O4/c9-5-7-1-2-12-8(3-7,4-7)6(10)11/h9H,1-5H2,(H,10,11). The van der Waals surface area contributed by atoms with Gasteiger partial charge in [0, 0.05) is 18.6 Å². The molecule has 0 unspecified atom stereocenters. The third kappa shape index (κ3) is 0.820. The smallest absolute Gasteiger partial charge is 0.336 e. The van der Waals surface area contributed by atoms with Crippen LogP contribution in [-0.2, 0) is 9.53 Å². The lowest BCUT2D eigenvalue weighted by Crippen LogP contribution is -2.63. The van der Waals surface area contributed by atoms with E-state index in [2.05, 4.69) is 0 Å². The van der Waals surface area contributed by atoms with Crippen LogP contribution in [0.4, 0.5) is 0 Å². The normalized spacial score (nSPS) is 45.1. The molecule has 4 heteroatoms. The first kappa shape index (κ1) is 8.01. The number of fused-ring (bicyclic) bond motifs is 2. The van der Waals surface area contributed by atoms with Gasteiger partial charge in [0.25, 0.3) is 0 Å². The van der Waals surface area contributed by atoms with Gasteiger partial charge < -0.3 is 14.9 Å². The van der Waals surface area contributed by atoms with Gasteiger partial charge in [-0.15, -0.1) is 0 Å². The number of aliphatic hydroxyl groups excluding tert-OH is 1. The molecule has 68 valence electrons. The summed E-state index contributed by atoms with van der Waals surface area (Å²) >= 11 is 0. The molecule has 3 fully saturated rings. The molecule has 2 aliphatic heterocycles. The van der Waals surface area contributed by atoms with Crippen LogP contribution in [0.25, 0.3) is 0 Å². The molecule has 12 heavy (non-hydrogen) atoms. The maximum Gasteiger partial charge on any atom is 0.336 e. The van der Waals surface area contributed by atoms with E-state index >= 15 is 0 Å². The van der Waals surface area contributed by atoms with Crippen molar-refractivity contribution in [3.8, 4) is 0 Å². The van der Waals surface area contributed by atoms with E-state index in [-0.39, 0.29) is 12.0 Å². The van der Waals surface area contributed by atoms with Crippen LogP contribution in [0.1, 0.15) is 19.3 Å². The highest BCUT2D eigenvalue weighted by molar-refractivity contribution is 5.79. The molecule has 2 saturated heterocycles. The SMILES string of the molecule is O=C(O)C12CC(CO)(CCO1)C2. The number of aliphatic hydroxyl groups is 1. The van der Waals surface area contributed by atoms with E-state index in [1.807, 2.05) is 0 Å². The fourth-order valence-corrected chi connectivity index (χ4v) is 2.31. The van der Waals surface area contributed by atoms with Crippen LogP contribution >= 0.6 is 0 Å². The molecule has 0 aromatic rings. The summed E-state index contributed by atoms with van der Waals surface area (Å²) in [7, 11) is 0. The van der Waals surface area contributed by atoms with E-state index in [1.165, 1.54) is 0 Å². The molecule has 0 amide bonds. The van der Waals surface area contributed by atoms with E-state index in [0.717, 1.165) is 6.42 Å². The molecular weight excluding hydrogens is 160 g/mol. The van der Waals surface area contributed by atoms with Gasteiger partial charge in [0.05, 0.1) is 0 Å². The minimum atomic E-state index is -0.957. The van der Waals surface area contributed by atoms with Gasteiger partial charge in [-0.2, -0.15) is 0 Å². The molecular formula is C8H12O4. The van der Waals surface area contributed by atoms with Crippen LogP contribution in [0, 0.1) is 5.41 Å². The van der Waals surface area contributed by atoms with E-state index in [0.29, 0.717) is 19.4 Å². The van der Waals surface area contributed by atoms with Crippen molar-refractivity contribution in [1.29, 1.82) is 0 Å². The van der Waals surface area contributed by atoms with Crippen molar-refractivity contribution in [2.75, 3.05) is 13.2 Å². The lowest BCUT2D eigenvalue weighted by atomic mass is 9.56. The second-order valence-electron chi connectivity index (χ2n) is 3.91. The zero-order chi connectivity index (χ0) is 8.82. The van der Waals surface area contributed by atoms with E-state index in [9.17, 15) is 4.79 Å². The second-order valence-corrected chi connectivity index (χ2v) is 3.91. The first-order valence-electron chi connectivity index (χ1n) is 4.11. The summed E-state index contributed by atoms with van der Waals surface area (Å²) in [4.78, 5) is 10.8. The van der Waals surface area contributed by atoms with Crippen LogP contribution in [-0.4, -0.2) is 35.0 Å². The summed E-state index contributed by atoms with van der Waals surface area (Å²) < 4.78 is 5.21. The molecule has 0 spiro atoms. The number of ether oxygens (including phenoxy) is 1. The first-order valence-corrected chi connectivity index (χ1v) is 4.11. The zero-order valence-electron chi connectivity index (χ0n) is 6.75. The molecule has 0 aromatic heterocycles. The Morgan fingerprint density at radius 3 is 2.67 bits per heavy atom.